The zero-order valence-electron chi connectivity index (χ0n) is 13.5. The van der Waals surface area contributed by atoms with Crippen LogP contribution in [-0.4, -0.2) is 9.55 Å². The number of imidazole rings is 1. The van der Waals surface area contributed by atoms with Gasteiger partial charge in [-0.2, -0.15) is 0 Å². The molecule has 2 N–H and O–H groups in total. The fourth-order valence-electron chi connectivity index (χ4n) is 3.96. The highest BCUT2D eigenvalue weighted by Gasteiger charge is 2.38. The molecule has 0 unspecified atom stereocenters. The summed E-state index contributed by atoms with van der Waals surface area (Å²) >= 11 is 0. The third-order valence-electron chi connectivity index (χ3n) is 5.22. The number of aromatic nitrogens is 2. The van der Waals surface area contributed by atoms with Gasteiger partial charge in [0.2, 0.25) is 0 Å². The van der Waals surface area contributed by atoms with Crippen molar-refractivity contribution in [3.63, 3.8) is 0 Å². The lowest BCUT2D eigenvalue weighted by Crippen LogP contribution is -2.26. The quantitative estimate of drug-likeness (QED) is 0.910. The molecule has 0 atom stereocenters. The van der Waals surface area contributed by atoms with Gasteiger partial charge in [-0.25, -0.2) is 4.98 Å². The molecule has 0 aliphatic heterocycles. The summed E-state index contributed by atoms with van der Waals surface area (Å²) in [5, 5.41) is 0. The van der Waals surface area contributed by atoms with Crippen molar-refractivity contribution < 1.29 is 0 Å². The summed E-state index contributed by atoms with van der Waals surface area (Å²) in [5.41, 5.74) is 9.61. The fourth-order valence-corrected chi connectivity index (χ4v) is 3.96. The number of hydrogen-bond donors (Lipinski definition) is 1. The second-order valence-corrected chi connectivity index (χ2v) is 6.77. The highest BCUT2D eigenvalue weighted by molar-refractivity contribution is 5.77. The first-order valence-electron chi connectivity index (χ1n) is 8.32. The van der Waals surface area contributed by atoms with E-state index in [0.29, 0.717) is 12.6 Å². The van der Waals surface area contributed by atoms with Crippen LogP contribution in [0.3, 0.4) is 0 Å². The molecule has 114 valence electrons. The van der Waals surface area contributed by atoms with E-state index < -0.39 is 0 Å². The number of nitrogens with two attached hydrogens (primary N) is 1. The second-order valence-electron chi connectivity index (χ2n) is 6.77. The fraction of sp³-hybridized carbons (Fsp3) is 0.611. The lowest BCUT2D eigenvalue weighted by atomic mass is 9.82. The van der Waals surface area contributed by atoms with Gasteiger partial charge in [0.15, 0.2) is 0 Å². The summed E-state index contributed by atoms with van der Waals surface area (Å²) < 4.78 is 2.46. The first-order chi connectivity index (χ1) is 10.1. The topological polar surface area (TPSA) is 43.8 Å². The predicted molar refractivity (Wildman–Crippen MR) is 88.4 cm³/mol. The molecular formula is C18H27N3. The van der Waals surface area contributed by atoms with Crippen LogP contribution in [0.2, 0.25) is 0 Å². The van der Waals surface area contributed by atoms with Crippen LogP contribution in [0, 0.1) is 0 Å². The van der Waals surface area contributed by atoms with Crippen LogP contribution in [0.15, 0.2) is 18.2 Å². The monoisotopic (exact) mass is 285 g/mol. The van der Waals surface area contributed by atoms with Crippen LogP contribution in [0.4, 0.5) is 0 Å². The smallest absolute Gasteiger partial charge is 0.116 e. The first kappa shape index (κ1) is 14.6. The maximum absolute atomic E-state index is 5.79. The summed E-state index contributed by atoms with van der Waals surface area (Å²) in [6, 6.07) is 6.94. The van der Waals surface area contributed by atoms with Crippen LogP contribution in [-0.2, 0) is 12.0 Å². The molecule has 0 radical (unpaired) electrons. The molecule has 1 aliphatic rings. The Morgan fingerprint density at radius 2 is 2.00 bits per heavy atom. The van der Waals surface area contributed by atoms with Gasteiger partial charge in [-0.05, 0) is 50.8 Å². The van der Waals surface area contributed by atoms with Crippen LogP contribution in [0.1, 0.15) is 70.3 Å². The standard InChI is InChI=1S/C18H27N3/c1-4-18(9-5-6-10-18)17-20-15-11-14(12-19)7-8-16(15)21(17)13(2)3/h7-8,11,13H,4-6,9-10,12,19H2,1-3H3. The van der Waals surface area contributed by atoms with Crippen molar-refractivity contribution >= 4 is 11.0 Å². The van der Waals surface area contributed by atoms with Crippen LogP contribution >= 0.6 is 0 Å². The number of fused-ring (bicyclic) bond motifs is 1. The van der Waals surface area contributed by atoms with E-state index in [0.717, 1.165) is 5.52 Å². The van der Waals surface area contributed by atoms with Gasteiger partial charge in [0, 0.05) is 18.0 Å². The van der Waals surface area contributed by atoms with Crippen molar-refractivity contribution in [1.29, 1.82) is 0 Å². The Balaban J connectivity index is 2.23. The van der Waals surface area contributed by atoms with Crippen molar-refractivity contribution in [2.45, 2.75) is 70.9 Å². The highest BCUT2D eigenvalue weighted by atomic mass is 15.1. The molecule has 0 saturated heterocycles. The SMILES string of the molecule is CCC1(c2nc3cc(CN)ccc3n2C(C)C)CCCC1. The van der Waals surface area contributed by atoms with E-state index in [1.807, 2.05) is 0 Å². The van der Waals surface area contributed by atoms with Gasteiger partial charge in [0.1, 0.15) is 5.82 Å². The lowest BCUT2D eigenvalue weighted by Gasteiger charge is -2.29. The Morgan fingerprint density at radius 1 is 1.29 bits per heavy atom. The van der Waals surface area contributed by atoms with Gasteiger partial charge >= 0.3 is 0 Å². The van der Waals surface area contributed by atoms with Crippen molar-refractivity contribution in [1.82, 2.24) is 9.55 Å². The number of hydrogen-bond acceptors (Lipinski definition) is 2. The summed E-state index contributed by atoms with van der Waals surface area (Å²) in [6.07, 6.45) is 6.42. The van der Waals surface area contributed by atoms with E-state index in [4.69, 9.17) is 10.7 Å². The maximum Gasteiger partial charge on any atom is 0.116 e. The Morgan fingerprint density at radius 3 is 2.57 bits per heavy atom. The Hall–Kier alpha value is -1.35. The highest BCUT2D eigenvalue weighted by Crippen LogP contribution is 2.44. The number of rotatable bonds is 4. The minimum atomic E-state index is 0.284. The average molecular weight is 285 g/mol. The second kappa shape index (κ2) is 5.45. The summed E-state index contributed by atoms with van der Waals surface area (Å²) in [5.74, 6) is 1.31. The minimum Gasteiger partial charge on any atom is -0.326 e. The third kappa shape index (κ3) is 2.28. The van der Waals surface area contributed by atoms with Crippen molar-refractivity contribution in [3.05, 3.63) is 29.6 Å². The van der Waals surface area contributed by atoms with Crippen molar-refractivity contribution in [3.8, 4) is 0 Å². The van der Waals surface area contributed by atoms with Crippen LogP contribution < -0.4 is 5.73 Å². The molecule has 21 heavy (non-hydrogen) atoms. The van der Waals surface area contributed by atoms with Crippen LogP contribution in [0.25, 0.3) is 11.0 Å². The molecule has 3 rings (SSSR count). The van der Waals surface area contributed by atoms with E-state index in [9.17, 15) is 0 Å². The minimum absolute atomic E-state index is 0.284. The molecular weight excluding hydrogens is 258 g/mol. The molecule has 1 aromatic heterocycles. The third-order valence-corrected chi connectivity index (χ3v) is 5.22. The number of benzene rings is 1. The molecule has 2 aromatic rings. The van der Waals surface area contributed by atoms with E-state index in [2.05, 4.69) is 43.5 Å². The van der Waals surface area contributed by atoms with Gasteiger partial charge in [0.05, 0.1) is 11.0 Å². The molecule has 0 bridgehead atoms. The molecule has 1 aliphatic carbocycles. The summed E-state index contributed by atoms with van der Waals surface area (Å²) in [7, 11) is 0. The lowest BCUT2D eigenvalue weighted by molar-refractivity contribution is 0.372. The van der Waals surface area contributed by atoms with Gasteiger partial charge < -0.3 is 10.3 Å². The van der Waals surface area contributed by atoms with Gasteiger partial charge in [-0.3, -0.25) is 0 Å². The van der Waals surface area contributed by atoms with E-state index >= 15 is 0 Å². The Kier molecular flexibility index (Phi) is 3.78. The van der Waals surface area contributed by atoms with Crippen molar-refractivity contribution in [2.24, 2.45) is 5.73 Å². The Bertz CT molecular complexity index is 633. The van der Waals surface area contributed by atoms with E-state index in [-0.39, 0.29) is 5.41 Å². The zero-order chi connectivity index (χ0) is 15.0. The van der Waals surface area contributed by atoms with Crippen molar-refractivity contribution in [2.75, 3.05) is 0 Å². The van der Waals surface area contributed by atoms with E-state index in [1.54, 1.807) is 0 Å². The summed E-state index contributed by atoms with van der Waals surface area (Å²) in [4.78, 5) is 5.07. The molecule has 1 heterocycles. The van der Waals surface area contributed by atoms with Gasteiger partial charge in [-0.15, -0.1) is 0 Å². The normalized spacial score (nSPS) is 18.0. The summed E-state index contributed by atoms with van der Waals surface area (Å²) in [6.45, 7) is 7.43. The molecule has 0 amide bonds. The average Bonchev–Trinajstić information content (AvgIpc) is 3.11. The van der Waals surface area contributed by atoms with Crippen LogP contribution in [0.5, 0.6) is 0 Å². The molecule has 1 fully saturated rings. The molecule has 3 nitrogen and oxygen atoms in total. The zero-order valence-corrected chi connectivity index (χ0v) is 13.5. The largest absolute Gasteiger partial charge is 0.326 e. The molecule has 1 saturated carbocycles. The molecule has 3 heteroatoms. The molecule has 0 spiro atoms. The Labute approximate surface area is 127 Å². The van der Waals surface area contributed by atoms with Gasteiger partial charge in [0.25, 0.3) is 0 Å². The maximum atomic E-state index is 5.79. The predicted octanol–water partition coefficient (Wildman–Crippen LogP) is 4.30. The first-order valence-corrected chi connectivity index (χ1v) is 8.32. The molecule has 1 aromatic carbocycles. The van der Waals surface area contributed by atoms with E-state index in [1.165, 1.54) is 49.0 Å². The number of nitrogens with zero attached hydrogens (tertiary/aromatic N) is 2. The van der Waals surface area contributed by atoms with Gasteiger partial charge in [-0.1, -0.05) is 25.8 Å².